The van der Waals surface area contributed by atoms with Crippen LogP contribution in [0, 0.1) is 0 Å². The van der Waals surface area contributed by atoms with Crippen molar-refractivity contribution in [3.8, 4) is 0 Å². The van der Waals surface area contributed by atoms with Gasteiger partial charge in [-0.2, -0.15) is 0 Å². The van der Waals surface area contributed by atoms with Gasteiger partial charge in [0.1, 0.15) is 6.54 Å². The quantitative estimate of drug-likeness (QED) is 0.513. The predicted molar refractivity (Wildman–Crippen MR) is 78.8 cm³/mol. The maximum atomic E-state index is 12.0. The Morgan fingerprint density at radius 1 is 1.30 bits per heavy atom. The molecule has 110 valence electrons. The van der Waals surface area contributed by atoms with Gasteiger partial charge in [-0.05, 0) is 18.1 Å². The Labute approximate surface area is 119 Å². The highest BCUT2D eigenvalue weighted by molar-refractivity contribution is 5.83. The Morgan fingerprint density at radius 3 is 2.60 bits per heavy atom. The SMILES string of the molecule is CCCCNC(=O)N(CC(N)=O)Cc1ccccc1N. The minimum Gasteiger partial charge on any atom is -0.398 e. The molecule has 3 amide bonds. The first-order valence-electron chi connectivity index (χ1n) is 6.69. The number of nitrogens with one attached hydrogen (secondary N) is 1. The Morgan fingerprint density at radius 2 is 2.00 bits per heavy atom. The molecule has 0 saturated heterocycles. The number of anilines is 1. The maximum Gasteiger partial charge on any atom is 0.318 e. The molecule has 0 fully saturated rings. The number of hydrogen-bond donors (Lipinski definition) is 3. The molecule has 0 atom stereocenters. The van der Waals surface area contributed by atoms with Crippen molar-refractivity contribution in [2.45, 2.75) is 26.3 Å². The second-order valence-corrected chi connectivity index (χ2v) is 4.61. The second-order valence-electron chi connectivity index (χ2n) is 4.61. The average Bonchev–Trinajstić information content (AvgIpc) is 2.40. The number of benzene rings is 1. The zero-order chi connectivity index (χ0) is 15.0. The molecule has 0 saturated carbocycles. The number of carbonyl (C=O) groups is 2. The van der Waals surface area contributed by atoms with Gasteiger partial charge < -0.3 is 21.7 Å². The van der Waals surface area contributed by atoms with Crippen LogP contribution in [0.5, 0.6) is 0 Å². The number of hydrogen-bond acceptors (Lipinski definition) is 3. The molecule has 1 rings (SSSR count). The van der Waals surface area contributed by atoms with Gasteiger partial charge in [0.15, 0.2) is 0 Å². The van der Waals surface area contributed by atoms with Crippen LogP contribution in [0.1, 0.15) is 25.3 Å². The molecule has 0 aliphatic rings. The highest BCUT2D eigenvalue weighted by Gasteiger charge is 2.16. The first-order chi connectivity index (χ1) is 9.54. The van der Waals surface area contributed by atoms with E-state index in [2.05, 4.69) is 5.32 Å². The van der Waals surface area contributed by atoms with Gasteiger partial charge in [-0.3, -0.25) is 4.79 Å². The topological polar surface area (TPSA) is 101 Å². The molecule has 0 aliphatic heterocycles. The van der Waals surface area contributed by atoms with Crippen LogP contribution >= 0.6 is 0 Å². The number of para-hydroxylation sites is 1. The Kier molecular flexibility index (Phi) is 6.36. The summed E-state index contributed by atoms with van der Waals surface area (Å²) in [4.78, 5) is 24.5. The number of urea groups is 1. The summed E-state index contributed by atoms with van der Waals surface area (Å²) in [6.45, 7) is 2.74. The molecule has 0 bridgehead atoms. The summed E-state index contributed by atoms with van der Waals surface area (Å²) in [6.07, 6.45) is 1.88. The fourth-order valence-corrected chi connectivity index (χ4v) is 1.76. The van der Waals surface area contributed by atoms with Gasteiger partial charge in [0.2, 0.25) is 5.91 Å². The molecule has 0 spiro atoms. The molecule has 0 unspecified atom stereocenters. The van der Waals surface area contributed by atoms with E-state index in [-0.39, 0.29) is 19.1 Å². The standard InChI is InChI=1S/C14H22N4O2/c1-2-3-8-17-14(20)18(10-13(16)19)9-11-6-4-5-7-12(11)15/h4-7H,2-3,8-10,15H2,1H3,(H2,16,19)(H,17,20). The number of nitrogens with two attached hydrogens (primary N) is 2. The molecule has 20 heavy (non-hydrogen) atoms. The van der Waals surface area contributed by atoms with Crippen LogP contribution in [0.25, 0.3) is 0 Å². The minimum atomic E-state index is -0.551. The summed E-state index contributed by atoms with van der Waals surface area (Å²) in [5.41, 5.74) is 12.4. The fourth-order valence-electron chi connectivity index (χ4n) is 1.76. The van der Waals surface area contributed by atoms with Crippen LogP contribution in [-0.4, -0.2) is 29.9 Å². The van der Waals surface area contributed by atoms with Crippen LogP contribution in [0.15, 0.2) is 24.3 Å². The van der Waals surface area contributed by atoms with Crippen molar-refractivity contribution in [3.63, 3.8) is 0 Å². The summed E-state index contributed by atoms with van der Waals surface area (Å²) in [7, 11) is 0. The van der Waals surface area contributed by atoms with Gasteiger partial charge in [0.05, 0.1) is 0 Å². The van der Waals surface area contributed by atoms with E-state index in [0.717, 1.165) is 18.4 Å². The average molecular weight is 278 g/mol. The zero-order valence-corrected chi connectivity index (χ0v) is 11.8. The van der Waals surface area contributed by atoms with Crippen LogP contribution in [0.3, 0.4) is 0 Å². The molecule has 0 aromatic heterocycles. The third-order valence-electron chi connectivity index (χ3n) is 2.86. The van der Waals surface area contributed by atoms with E-state index < -0.39 is 5.91 Å². The highest BCUT2D eigenvalue weighted by Crippen LogP contribution is 2.13. The van der Waals surface area contributed by atoms with Crippen LogP contribution in [0.2, 0.25) is 0 Å². The van der Waals surface area contributed by atoms with E-state index in [1.807, 2.05) is 25.1 Å². The van der Waals surface area contributed by atoms with Crippen LogP contribution in [0.4, 0.5) is 10.5 Å². The monoisotopic (exact) mass is 278 g/mol. The van der Waals surface area contributed by atoms with Gasteiger partial charge in [-0.15, -0.1) is 0 Å². The predicted octanol–water partition coefficient (Wildman–Crippen LogP) is 1.07. The lowest BCUT2D eigenvalue weighted by Crippen LogP contribution is -2.44. The molecule has 5 N–H and O–H groups in total. The summed E-state index contributed by atoms with van der Waals surface area (Å²) in [5, 5.41) is 2.77. The van der Waals surface area contributed by atoms with Crippen molar-refractivity contribution in [1.82, 2.24) is 10.2 Å². The Balaban J connectivity index is 2.71. The highest BCUT2D eigenvalue weighted by atomic mass is 16.2. The van der Waals surface area contributed by atoms with Gasteiger partial charge in [0.25, 0.3) is 0 Å². The summed E-state index contributed by atoms with van der Waals surface area (Å²) >= 11 is 0. The van der Waals surface area contributed by atoms with E-state index in [4.69, 9.17) is 11.5 Å². The summed E-state index contributed by atoms with van der Waals surface area (Å²) < 4.78 is 0. The molecule has 0 heterocycles. The van der Waals surface area contributed by atoms with Crippen LogP contribution in [-0.2, 0) is 11.3 Å². The van der Waals surface area contributed by atoms with Gasteiger partial charge in [-0.25, -0.2) is 4.79 Å². The third kappa shape index (κ3) is 5.17. The van der Waals surface area contributed by atoms with Crippen molar-refractivity contribution in [3.05, 3.63) is 29.8 Å². The molecule has 1 aromatic rings. The van der Waals surface area contributed by atoms with Crippen molar-refractivity contribution in [1.29, 1.82) is 0 Å². The molecule has 6 heteroatoms. The summed E-state index contributed by atoms with van der Waals surface area (Å²) in [5.74, 6) is -0.551. The van der Waals surface area contributed by atoms with Crippen molar-refractivity contribution >= 4 is 17.6 Å². The van der Waals surface area contributed by atoms with Gasteiger partial charge in [0, 0.05) is 18.8 Å². The number of unbranched alkanes of at least 4 members (excludes halogenated alkanes) is 1. The largest absolute Gasteiger partial charge is 0.398 e. The lowest BCUT2D eigenvalue weighted by atomic mass is 10.1. The molecular weight excluding hydrogens is 256 g/mol. The van der Waals surface area contributed by atoms with E-state index in [1.54, 1.807) is 6.07 Å². The van der Waals surface area contributed by atoms with Gasteiger partial charge in [-0.1, -0.05) is 31.5 Å². The molecule has 0 radical (unpaired) electrons. The first-order valence-corrected chi connectivity index (χ1v) is 6.69. The molecule has 1 aromatic carbocycles. The Hall–Kier alpha value is -2.24. The van der Waals surface area contributed by atoms with E-state index >= 15 is 0 Å². The fraction of sp³-hybridized carbons (Fsp3) is 0.429. The molecule has 6 nitrogen and oxygen atoms in total. The van der Waals surface area contributed by atoms with Crippen molar-refractivity contribution in [2.24, 2.45) is 5.73 Å². The van der Waals surface area contributed by atoms with E-state index in [9.17, 15) is 9.59 Å². The summed E-state index contributed by atoms with van der Waals surface area (Å²) in [6, 6.07) is 6.93. The number of primary amides is 1. The third-order valence-corrected chi connectivity index (χ3v) is 2.86. The zero-order valence-electron chi connectivity index (χ0n) is 11.8. The van der Waals surface area contributed by atoms with Gasteiger partial charge >= 0.3 is 6.03 Å². The van der Waals surface area contributed by atoms with Crippen molar-refractivity contribution in [2.75, 3.05) is 18.8 Å². The molecular formula is C14H22N4O2. The normalized spacial score (nSPS) is 10.1. The number of nitrogens with zero attached hydrogens (tertiary/aromatic N) is 1. The minimum absolute atomic E-state index is 0.133. The lowest BCUT2D eigenvalue weighted by molar-refractivity contribution is -0.118. The van der Waals surface area contributed by atoms with Crippen LogP contribution < -0.4 is 16.8 Å². The first kappa shape index (κ1) is 15.8. The van der Waals surface area contributed by atoms with E-state index in [1.165, 1.54) is 4.90 Å². The lowest BCUT2D eigenvalue weighted by Gasteiger charge is -2.22. The molecule has 0 aliphatic carbocycles. The Bertz CT molecular complexity index is 462. The number of amides is 3. The smallest absolute Gasteiger partial charge is 0.318 e. The second kappa shape index (κ2) is 8.04. The number of nitrogen functional groups attached to an aromatic ring is 1. The number of carbonyl (C=O) groups excluding carboxylic acids is 2. The number of rotatable bonds is 7. The van der Waals surface area contributed by atoms with E-state index in [0.29, 0.717) is 12.2 Å². The van der Waals surface area contributed by atoms with Crippen molar-refractivity contribution < 1.29 is 9.59 Å². The maximum absolute atomic E-state index is 12.0.